The van der Waals surface area contributed by atoms with Crippen LogP contribution in [0.15, 0.2) is 29.6 Å². The lowest BCUT2D eigenvalue weighted by molar-refractivity contribution is -0.132. The summed E-state index contributed by atoms with van der Waals surface area (Å²) < 4.78 is 1.35. The van der Waals surface area contributed by atoms with E-state index in [9.17, 15) is 4.79 Å². The molecule has 0 saturated carbocycles. The highest BCUT2D eigenvalue weighted by Crippen LogP contribution is 2.27. The number of carbonyl (C=O) groups excluding carboxylic acids is 1. The van der Waals surface area contributed by atoms with Gasteiger partial charge >= 0.3 is 0 Å². The lowest BCUT2D eigenvalue weighted by atomic mass is 9.96. The number of piperidine rings is 1. The number of nitrogens with one attached hydrogen (secondary N) is 1. The van der Waals surface area contributed by atoms with Crippen LogP contribution in [0, 0.1) is 5.92 Å². The molecule has 5 heteroatoms. The minimum absolute atomic E-state index is 0. The molecule has 2 aromatic rings. The number of benzene rings is 1. The maximum absolute atomic E-state index is 12.4. The standard InChI is InChI=1S/C20H28N2OS.ClH/c1-2-21-14-16-10-12-22(13-11-16)20(23)9-5-6-17-15-24-19-8-4-3-7-18(17)19;/h3-4,7-8,15-16,21H,2,5-6,9-14H2,1H3;1H. The van der Waals surface area contributed by atoms with E-state index >= 15 is 0 Å². The fourth-order valence-electron chi connectivity index (χ4n) is 3.55. The molecular weight excluding hydrogens is 352 g/mol. The highest BCUT2D eigenvalue weighted by Gasteiger charge is 2.22. The van der Waals surface area contributed by atoms with E-state index in [-0.39, 0.29) is 12.4 Å². The molecule has 0 aliphatic carbocycles. The van der Waals surface area contributed by atoms with Gasteiger partial charge in [-0.15, -0.1) is 23.7 Å². The van der Waals surface area contributed by atoms with Crippen molar-refractivity contribution in [2.24, 2.45) is 5.92 Å². The van der Waals surface area contributed by atoms with Crippen molar-refractivity contribution in [1.82, 2.24) is 10.2 Å². The Morgan fingerprint density at radius 3 is 2.80 bits per heavy atom. The predicted octanol–water partition coefficient (Wildman–Crippen LogP) is 4.49. The molecule has 1 aliphatic rings. The summed E-state index contributed by atoms with van der Waals surface area (Å²) in [5.41, 5.74) is 1.40. The molecule has 1 amide bonds. The molecular formula is C20H29ClN2OS. The van der Waals surface area contributed by atoms with Gasteiger partial charge < -0.3 is 10.2 Å². The summed E-state index contributed by atoms with van der Waals surface area (Å²) >= 11 is 1.81. The molecule has 1 N–H and O–H groups in total. The lowest BCUT2D eigenvalue weighted by Gasteiger charge is -2.32. The number of rotatable bonds is 7. The van der Waals surface area contributed by atoms with Crippen LogP contribution in [-0.4, -0.2) is 37.0 Å². The van der Waals surface area contributed by atoms with E-state index in [0.717, 1.165) is 57.8 Å². The van der Waals surface area contributed by atoms with Crippen molar-refractivity contribution in [1.29, 1.82) is 0 Å². The van der Waals surface area contributed by atoms with E-state index in [0.29, 0.717) is 12.3 Å². The van der Waals surface area contributed by atoms with Gasteiger partial charge in [-0.25, -0.2) is 0 Å². The number of hydrogen-bond acceptors (Lipinski definition) is 3. The Bertz CT molecular complexity index is 665. The summed E-state index contributed by atoms with van der Waals surface area (Å²) in [5.74, 6) is 1.09. The molecule has 3 rings (SSSR count). The average Bonchev–Trinajstić information content (AvgIpc) is 3.03. The Balaban J connectivity index is 0.00000225. The number of likely N-dealkylation sites (tertiary alicyclic amines) is 1. The first kappa shape index (κ1) is 20.2. The number of carbonyl (C=O) groups is 1. The van der Waals surface area contributed by atoms with Gasteiger partial charge in [0.1, 0.15) is 0 Å². The summed E-state index contributed by atoms with van der Waals surface area (Å²) in [7, 11) is 0. The molecule has 0 spiro atoms. The number of aryl methyl sites for hydroxylation is 1. The predicted molar refractivity (Wildman–Crippen MR) is 110 cm³/mol. The molecule has 0 radical (unpaired) electrons. The number of hydrogen-bond donors (Lipinski definition) is 1. The molecule has 2 heterocycles. The average molecular weight is 381 g/mol. The van der Waals surface area contributed by atoms with Crippen LogP contribution in [0.3, 0.4) is 0 Å². The molecule has 3 nitrogen and oxygen atoms in total. The van der Waals surface area contributed by atoms with Crippen molar-refractivity contribution in [2.45, 2.75) is 39.0 Å². The number of amides is 1. The summed E-state index contributed by atoms with van der Waals surface area (Å²) in [6.07, 6.45) is 4.94. The van der Waals surface area contributed by atoms with Gasteiger partial charge in [0, 0.05) is 24.2 Å². The van der Waals surface area contributed by atoms with Gasteiger partial charge in [-0.1, -0.05) is 25.1 Å². The summed E-state index contributed by atoms with van der Waals surface area (Å²) in [6.45, 7) is 6.17. The third-order valence-electron chi connectivity index (χ3n) is 5.05. The molecule has 1 aromatic carbocycles. The van der Waals surface area contributed by atoms with Crippen molar-refractivity contribution >= 4 is 39.7 Å². The van der Waals surface area contributed by atoms with Crippen molar-refractivity contribution in [3.63, 3.8) is 0 Å². The highest BCUT2D eigenvalue weighted by atomic mass is 35.5. The number of fused-ring (bicyclic) bond motifs is 1. The molecule has 1 fully saturated rings. The SMILES string of the molecule is CCNCC1CCN(C(=O)CCCc2csc3ccccc23)CC1.Cl. The summed E-state index contributed by atoms with van der Waals surface area (Å²) in [5, 5.41) is 7.04. The van der Waals surface area contributed by atoms with Crippen molar-refractivity contribution in [2.75, 3.05) is 26.2 Å². The second-order valence-corrected chi connectivity index (χ2v) is 7.65. The zero-order valence-electron chi connectivity index (χ0n) is 15.0. The van der Waals surface area contributed by atoms with Crippen LogP contribution in [-0.2, 0) is 11.2 Å². The Hall–Kier alpha value is -1.10. The third kappa shape index (κ3) is 5.44. The molecule has 1 aromatic heterocycles. The fraction of sp³-hybridized carbons (Fsp3) is 0.550. The van der Waals surface area contributed by atoms with Gasteiger partial charge in [0.25, 0.3) is 0 Å². The van der Waals surface area contributed by atoms with E-state index in [2.05, 4.69) is 46.8 Å². The van der Waals surface area contributed by atoms with Crippen LogP contribution in [0.25, 0.3) is 10.1 Å². The van der Waals surface area contributed by atoms with Gasteiger partial charge in [-0.05, 0) is 67.1 Å². The van der Waals surface area contributed by atoms with Crippen LogP contribution in [0.5, 0.6) is 0 Å². The first-order valence-electron chi connectivity index (χ1n) is 9.21. The van der Waals surface area contributed by atoms with Gasteiger partial charge in [0.2, 0.25) is 5.91 Å². The zero-order valence-corrected chi connectivity index (χ0v) is 16.6. The molecule has 0 bridgehead atoms. The van der Waals surface area contributed by atoms with E-state index in [4.69, 9.17) is 0 Å². The van der Waals surface area contributed by atoms with Crippen LogP contribution in [0.2, 0.25) is 0 Å². The van der Waals surface area contributed by atoms with Gasteiger partial charge in [0.15, 0.2) is 0 Å². The Kier molecular flexibility index (Phi) is 8.20. The maximum Gasteiger partial charge on any atom is 0.222 e. The lowest BCUT2D eigenvalue weighted by Crippen LogP contribution is -2.40. The molecule has 1 aliphatic heterocycles. The second-order valence-electron chi connectivity index (χ2n) is 6.74. The van der Waals surface area contributed by atoms with E-state index in [1.807, 2.05) is 0 Å². The molecule has 25 heavy (non-hydrogen) atoms. The number of halogens is 1. The highest BCUT2D eigenvalue weighted by molar-refractivity contribution is 7.17. The smallest absolute Gasteiger partial charge is 0.222 e. The van der Waals surface area contributed by atoms with Crippen molar-refractivity contribution < 1.29 is 4.79 Å². The molecule has 0 unspecified atom stereocenters. The largest absolute Gasteiger partial charge is 0.343 e. The summed E-state index contributed by atoms with van der Waals surface area (Å²) in [4.78, 5) is 14.5. The monoisotopic (exact) mass is 380 g/mol. The van der Waals surface area contributed by atoms with E-state index < -0.39 is 0 Å². The Labute approximate surface area is 161 Å². The quantitative estimate of drug-likeness (QED) is 0.767. The maximum atomic E-state index is 12.4. The first-order valence-corrected chi connectivity index (χ1v) is 10.1. The second kappa shape index (κ2) is 10.1. The van der Waals surface area contributed by atoms with Gasteiger partial charge in [0.05, 0.1) is 0 Å². The van der Waals surface area contributed by atoms with Gasteiger partial charge in [-0.3, -0.25) is 4.79 Å². The molecule has 1 saturated heterocycles. The first-order chi connectivity index (χ1) is 11.8. The molecule has 0 atom stereocenters. The topological polar surface area (TPSA) is 32.3 Å². The fourth-order valence-corrected chi connectivity index (χ4v) is 4.55. The number of thiophene rings is 1. The van der Waals surface area contributed by atoms with Crippen molar-refractivity contribution in [3.05, 3.63) is 35.2 Å². The third-order valence-corrected chi connectivity index (χ3v) is 6.06. The zero-order chi connectivity index (χ0) is 16.8. The minimum Gasteiger partial charge on any atom is -0.343 e. The minimum atomic E-state index is 0. The van der Waals surface area contributed by atoms with Crippen LogP contribution in [0.4, 0.5) is 0 Å². The van der Waals surface area contributed by atoms with E-state index in [1.165, 1.54) is 15.6 Å². The molecule has 138 valence electrons. The van der Waals surface area contributed by atoms with Crippen LogP contribution < -0.4 is 5.32 Å². The van der Waals surface area contributed by atoms with Gasteiger partial charge in [-0.2, -0.15) is 0 Å². The van der Waals surface area contributed by atoms with Crippen LogP contribution >= 0.6 is 23.7 Å². The van der Waals surface area contributed by atoms with E-state index in [1.54, 1.807) is 11.3 Å². The Morgan fingerprint density at radius 1 is 1.28 bits per heavy atom. The van der Waals surface area contributed by atoms with Crippen LogP contribution in [0.1, 0.15) is 38.2 Å². The normalized spacial score (nSPS) is 15.3. The van der Waals surface area contributed by atoms with Crippen molar-refractivity contribution in [3.8, 4) is 0 Å². The summed E-state index contributed by atoms with van der Waals surface area (Å²) in [6, 6.07) is 8.55. The Morgan fingerprint density at radius 2 is 2.04 bits per heavy atom. The number of nitrogens with zero attached hydrogens (tertiary/aromatic N) is 1.